The van der Waals surface area contributed by atoms with Crippen molar-refractivity contribution < 1.29 is 13.2 Å². The lowest BCUT2D eigenvalue weighted by atomic mass is 10.2. The zero-order valence-corrected chi connectivity index (χ0v) is 9.98. The molecule has 0 bridgehead atoms. The molecule has 1 heterocycles. The number of hydrazine groups is 1. The van der Waals surface area contributed by atoms with Crippen molar-refractivity contribution in [1.82, 2.24) is 10.3 Å². The van der Waals surface area contributed by atoms with E-state index in [0.717, 1.165) is 11.3 Å². The Hall–Kier alpha value is -0.920. The minimum absolute atomic E-state index is 0.173. The normalized spacial score (nSPS) is 11.7. The first kappa shape index (κ1) is 12.2. The Labute approximate surface area is 92.5 Å². The summed E-state index contributed by atoms with van der Waals surface area (Å²) in [4.78, 5) is 13.2. The van der Waals surface area contributed by atoms with E-state index in [1.165, 1.54) is 6.07 Å². The predicted molar refractivity (Wildman–Crippen MR) is 57.6 cm³/mol. The van der Waals surface area contributed by atoms with E-state index in [0.29, 0.717) is 0 Å². The largest absolute Gasteiger partial charge is 0.277 e. The fourth-order valence-electron chi connectivity index (χ4n) is 0.729. The molecule has 7 heteroatoms. The topological polar surface area (TPSA) is 75.3 Å². The lowest BCUT2D eigenvalue weighted by Crippen LogP contribution is -2.43. The zero-order valence-electron chi connectivity index (χ0n) is 8.35. The summed E-state index contributed by atoms with van der Waals surface area (Å²) in [6.45, 7) is 3.35. The molecule has 1 aromatic rings. The SMILES string of the molecule is CC(C)C(=O)NNS(=O)(=O)c1cccs1. The average Bonchev–Trinajstić information content (AvgIpc) is 2.67. The summed E-state index contributed by atoms with van der Waals surface area (Å²) < 4.78 is 23.2. The lowest BCUT2D eigenvalue weighted by Gasteiger charge is -2.08. The van der Waals surface area contributed by atoms with Crippen molar-refractivity contribution in [1.29, 1.82) is 0 Å². The molecule has 2 N–H and O–H groups in total. The van der Waals surface area contributed by atoms with Crippen molar-refractivity contribution in [3.05, 3.63) is 17.5 Å². The highest BCUT2D eigenvalue weighted by Gasteiger charge is 2.16. The molecule has 0 saturated heterocycles. The number of hydrogen-bond acceptors (Lipinski definition) is 4. The second kappa shape index (κ2) is 4.73. The van der Waals surface area contributed by atoms with E-state index < -0.39 is 10.0 Å². The van der Waals surface area contributed by atoms with Crippen LogP contribution in [0.15, 0.2) is 21.7 Å². The quantitative estimate of drug-likeness (QED) is 0.771. The molecule has 0 spiro atoms. The summed E-state index contributed by atoms with van der Waals surface area (Å²) >= 11 is 1.09. The third-order valence-corrected chi connectivity index (χ3v) is 4.24. The van der Waals surface area contributed by atoms with Gasteiger partial charge in [-0.2, -0.15) is 0 Å². The zero-order chi connectivity index (χ0) is 11.5. The summed E-state index contributed by atoms with van der Waals surface area (Å²) in [5, 5.41) is 1.65. The molecule has 0 aliphatic carbocycles. The average molecular weight is 248 g/mol. The molecule has 1 rings (SSSR count). The van der Waals surface area contributed by atoms with Crippen LogP contribution in [0.2, 0.25) is 0 Å². The highest BCUT2D eigenvalue weighted by molar-refractivity contribution is 7.91. The van der Waals surface area contributed by atoms with Crippen LogP contribution in [0.1, 0.15) is 13.8 Å². The molecule has 0 fully saturated rings. The molecular weight excluding hydrogens is 236 g/mol. The molecule has 1 amide bonds. The van der Waals surface area contributed by atoms with Crippen molar-refractivity contribution in [2.45, 2.75) is 18.1 Å². The molecule has 84 valence electrons. The lowest BCUT2D eigenvalue weighted by molar-refractivity contribution is -0.124. The van der Waals surface area contributed by atoms with E-state index in [-0.39, 0.29) is 16.0 Å². The smallest absolute Gasteiger partial charge is 0.266 e. The van der Waals surface area contributed by atoms with Crippen LogP contribution < -0.4 is 10.3 Å². The minimum Gasteiger partial charge on any atom is -0.277 e. The van der Waals surface area contributed by atoms with Crippen molar-refractivity contribution in [3.8, 4) is 0 Å². The van der Waals surface area contributed by atoms with Crippen LogP contribution in [0.25, 0.3) is 0 Å². The minimum atomic E-state index is -3.61. The third-order valence-electron chi connectivity index (χ3n) is 1.59. The highest BCUT2D eigenvalue weighted by atomic mass is 32.2. The van der Waals surface area contributed by atoms with E-state index in [9.17, 15) is 13.2 Å². The van der Waals surface area contributed by atoms with Crippen molar-refractivity contribution >= 4 is 27.3 Å². The Bertz CT molecular complexity index is 423. The van der Waals surface area contributed by atoms with Gasteiger partial charge in [0.15, 0.2) is 0 Å². The monoisotopic (exact) mass is 248 g/mol. The maximum Gasteiger partial charge on any atom is 0.266 e. The second-order valence-electron chi connectivity index (χ2n) is 3.18. The number of amides is 1. The van der Waals surface area contributed by atoms with E-state index in [2.05, 4.69) is 5.43 Å². The first-order valence-corrected chi connectivity index (χ1v) is 6.65. The van der Waals surface area contributed by atoms with E-state index >= 15 is 0 Å². The van der Waals surface area contributed by atoms with E-state index in [1.54, 1.807) is 25.3 Å². The van der Waals surface area contributed by atoms with Gasteiger partial charge in [0.25, 0.3) is 10.0 Å². The molecule has 1 aromatic heterocycles. The van der Waals surface area contributed by atoms with Gasteiger partial charge in [-0.1, -0.05) is 19.9 Å². The van der Waals surface area contributed by atoms with Crippen LogP contribution in [0.5, 0.6) is 0 Å². The number of rotatable bonds is 4. The summed E-state index contributed by atoms with van der Waals surface area (Å²) in [5.74, 6) is -0.633. The van der Waals surface area contributed by atoms with Crippen LogP contribution in [0.3, 0.4) is 0 Å². The van der Waals surface area contributed by atoms with Gasteiger partial charge < -0.3 is 0 Å². The Morgan fingerprint density at radius 2 is 2.13 bits per heavy atom. The third kappa shape index (κ3) is 3.29. The number of sulfonamides is 1. The van der Waals surface area contributed by atoms with Crippen molar-refractivity contribution in [2.75, 3.05) is 0 Å². The van der Waals surface area contributed by atoms with Gasteiger partial charge in [0.2, 0.25) is 5.91 Å². The van der Waals surface area contributed by atoms with Crippen molar-refractivity contribution in [2.24, 2.45) is 5.92 Å². The highest BCUT2D eigenvalue weighted by Crippen LogP contribution is 2.14. The van der Waals surface area contributed by atoms with Gasteiger partial charge >= 0.3 is 0 Å². The fourth-order valence-corrected chi connectivity index (χ4v) is 2.57. The van der Waals surface area contributed by atoms with E-state index in [1.807, 2.05) is 4.83 Å². The molecule has 15 heavy (non-hydrogen) atoms. The Morgan fingerprint density at radius 3 is 2.60 bits per heavy atom. The molecule has 0 aromatic carbocycles. The number of thiophene rings is 1. The molecule has 0 radical (unpaired) electrons. The van der Waals surface area contributed by atoms with E-state index in [4.69, 9.17) is 0 Å². The van der Waals surface area contributed by atoms with Crippen molar-refractivity contribution in [3.63, 3.8) is 0 Å². The molecule has 0 saturated carbocycles. The van der Waals surface area contributed by atoms with Gasteiger partial charge in [0, 0.05) is 5.92 Å². The van der Waals surface area contributed by atoms with Crippen LogP contribution in [0.4, 0.5) is 0 Å². The predicted octanol–water partition coefficient (Wildman–Crippen LogP) is 0.714. The molecular formula is C8H12N2O3S2. The van der Waals surface area contributed by atoms with Gasteiger partial charge in [-0.25, -0.2) is 8.42 Å². The molecule has 0 atom stereocenters. The number of carbonyl (C=O) groups is 1. The number of carbonyl (C=O) groups excluding carboxylic acids is 1. The van der Waals surface area contributed by atoms with Gasteiger partial charge in [-0.15, -0.1) is 16.2 Å². The second-order valence-corrected chi connectivity index (χ2v) is 6.04. The number of nitrogens with one attached hydrogen (secondary N) is 2. The fraction of sp³-hybridized carbons (Fsp3) is 0.375. The molecule has 0 unspecified atom stereocenters. The first-order valence-electron chi connectivity index (χ1n) is 4.28. The summed E-state index contributed by atoms with van der Waals surface area (Å²) in [6, 6.07) is 3.10. The van der Waals surface area contributed by atoms with Crippen LogP contribution in [-0.4, -0.2) is 14.3 Å². The maximum atomic E-state index is 11.5. The Morgan fingerprint density at radius 1 is 1.47 bits per heavy atom. The molecule has 0 aliphatic rings. The van der Waals surface area contributed by atoms with Gasteiger partial charge in [0.1, 0.15) is 4.21 Å². The standard InChI is InChI=1S/C8H12N2O3S2/c1-6(2)8(11)9-10-15(12,13)7-4-3-5-14-7/h3-6,10H,1-2H3,(H,9,11). The maximum absolute atomic E-state index is 11.5. The van der Waals surface area contributed by atoms with Crippen LogP contribution in [0, 0.1) is 5.92 Å². The van der Waals surface area contributed by atoms with Crippen LogP contribution >= 0.6 is 11.3 Å². The molecule has 5 nitrogen and oxygen atoms in total. The summed E-state index contributed by atoms with van der Waals surface area (Å²) in [7, 11) is -3.61. The summed E-state index contributed by atoms with van der Waals surface area (Å²) in [6.07, 6.45) is 0. The number of hydrogen-bond donors (Lipinski definition) is 2. The summed E-state index contributed by atoms with van der Waals surface area (Å²) in [5.41, 5.74) is 2.14. The first-order chi connectivity index (χ1) is 6.93. The molecule has 0 aliphatic heterocycles. The van der Waals surface area contributed by atoms with Gasteiger partial charge in [-0.3, -0.25) is 10.2 Å². The van der Waals surface area contributed by atoms with Crippen LogP contribution in [-0.2, 0) is 14.8 Å². The Kier molecular flexibility index (Phi) is 3.83. The Balaban J connectivity index is 2.63. The van der Waals surface area contributed by atoms with Gasteiger partial charge in [-0.05, 0) is 11.4 Å². The van der Waals surface area contributed by atoms with Gasteiger partial charge in [0.05, 0.1) is 0 Å².